The molecular weight excluding hydrogens is 258 g/mol. The molecule has 1 saturated heterocycles. The van der Waals surface area contributed by atoms with E-state index in [1.165, 1.54) is 17.7 Å². The lowest BCUT2D eigenvalue weighted by Gasteiger charge is -2.12. The van der Waals surface area contributed by atoms with Crippen LogP contribution in [0, 0.1) is 0 Å². The van der Waals surface area contributed by atoms with Gasteiger partial charge in [-0.2, -0.15) is 0 Å². The molecule has 1 heterocycles. The van der Waals surface area contributed by atoms with Crippen LogP contribution in [-0.2, 0) is 0 Å². The molecule has 0 bridgehead atoms. The summed E-state index contributed by atoms with van der Waals surface area (Å²) in [5.41, 5.74) is 1.38. The normalized spacial score (nSPS) is 26.7. The minimum Gasteiger partial charge on any atom is -0.298 e. The van der Waals surface area contributed by atoms with Crippen LogP contribution >= 0.6 is 27.7 Å². The zero-order valence-corrected chi connectivity index (χ0v) is 10.6. The van der Waals surface area contributed by atoms with Crippen LogP contribution in [0.15, 0.2) is 28.7 Å². The number of thioether (sulfide) groups is 1. The van der Waals surface area contributed by atoms with Crippen molar-refractivity contribution < 1.29 is 0 Å². The van der Waals surface area contributed by atoms with E-state index >= 15 is 0 Å². The highest BCUT2D eigenvalue weighted by atomic mass is 79.9. The van der Waals surface area contributed by atoms with Gasteiger partial charge < -0.3 is 0 Å². The van der Waals surface area contributed by atoms with Crippen molar-refractivity contribution in [2.75, 3.05) is 5.75 Å². The Morgan fingerprint density at radius 1 is 1.43 bits per heavy atom. The average molecular weight is 272 g/mol. The van der Waals surface area contributed by atoms with Gasteiger partial charge in [-0.15, -0.1) is 11.8 Å². The lowest BCUT2D eigenvalue weighted by atomic mass is 10.2. The third-order valence-electron chi connectivity index (χ3n) is 2.52. The summed E-state index contributed by atoms with van der Waals surface area (Å²) in [6.45, 7) is 2.24. The smallest absolute Gasteiger partial charge is 0.0792 e. The zero-order chi connectivity index (χ0) is 9.97. The van der Waals surface area contributed by atoms with Crippen molar-refractivity contribution in [2.24, 2.45) is 0 Å². The maximum absolute atomic E-state index is 3.62. The minimum absolute atomic E-state index is 0.494. The molecule has 0 amide bonds. The first-order valence-corrected chi connectivity index (χ1v) is 6.77. The first kappa shape index (κ1) is 10.5. The third kappa shape index (κ3) is 2.33. The topological polar surface area (TPSA) is 12.0 Å². The second kappa shape index (κ2) is 4.69. The highest BCUT2D eigenvalue weighted by Crippen LogP contribution is 2.33. The van der Waals surface area contributed by atoms with Crippen molar-refractivity contribution in [2.45, 2.75) is 24.8 Å². The molecule has 2 rings (SSSR count). The van der Waals surface area contributed by atoms with Gasteiger partial charge >= 0.3 is 0 Å². The Hall–Kier alpha value is 0.01000. The summed E-state index contributed by atoms with van der Waals surface area (Å²) in [6.07, 6.45) is 1.22. The quantitative estimate of drug-likeness (QED) is 0.883. The Morgan fingerprint density at radius 2 is 2.14 bits per heavy atom. The number of rotatable bonds is 2. The highest BCUT2D eigenvalue weighted by molar-refractivity contribution is 9.10. The molecule has 2 unspecified atom stereocenters. The van der Waals surface area contributed by atoms with Crippen LogP contribution in [0.2, 0.25) is 0 Å². The van der Waals surface area contributed by atoms with E-state index in [0.29, 0.717) is 11.4 Å². The summed E-state index contributed by atoms with van der Waals surface area (Å²) in [6, 6.07) is 9.28. The van der Waals surface area contributed by atoms with E-state index in [1.54, 1.807) is 0 Å². The van der Waals surface area contributed by atoms with E-state index in [9.17, 15) is 0 Å². The Bertz CT molecular complexity index is 299. The summed E-state index contributed by atoms with van der Waals surface area (Å²) in [5.74, 6) is 1.23. The van der Waals surface area contributed by atoms with Gasteiger partial charge in [0.2, 0.25) is 0 Å². The molecule has 14 heavy (non-hydrogen) atoms. The Kier molecular flexibility index (Phi) is 3.52. The second-order valence-electron chi connectivity index (χ2n) is 3.54. The van der Waals surface area contributed by atoms with E-state index in [1.807, 2.05) is 11.8 Å². The number of hydrogen-bond donors (Lipinski definition) is 1. The van der Waals surface area contributed by atoms with E-state index in [4.69, 9.17) is 0 Å². The molecule has 1 fully saturated rings. The van der Waals surface area contributed by atoms with Gasteiger partial charge in [0, 0.05) is 16.3 Å². The van der Waals surface area contributed by atoms with Crippen molar-refractivity contribution in [3.63, 3.8) is 0 Å². The van der Waals surface area contributed by atoms with Gasteiger partial charge in [0.1, 0.15) is 0 Å². The molecule has 0 spiro atoms. The molecule has 1 N–H and O–H groups in total. The predicted molar refractivity (Wildman–Crippen MR) is 66.6 cm³/mol. The molecule has 0 aliphatic carbocycles. The summed E-state index contributed by atoms with van der Waals surface area (Å²) >= 11 is 5.46. The summed E-state index contributed by atoms with van der Waals surface area (Å²) in [4.78, 5) is 0. The number of nitrogens with one attached hydrogen (secondary N) is 1. The molecule has 0 radical (unpaired) electrons. The molecule has 1 aromatic rings. The second-order valence-corrected chi connectivity index (χ2v) is 5.59. The molecule has 0 saturated carbocycles. The number of hydrogen-bond acceptors (Lipinski definition) is 2. The van der Waals surface area contributed by atoms with Crippen LogP contribution in [-0.4, -0.2) is 11.8 Å². The molecule has 1 aliphatic heterocycles. The van der Waals surface area contributed by atoms with Gasteiger partial charge in [0.15, 0.2) is 0 Å². The standard InChI is InChI=1S/C11H14BrNS/c1-2-10-7-14-11(13-10)8-3-5-9(12)6-4-8/h3-6,10-11,13H,2,7H2,1H3. The van der Waals surface area contributed by atoms with Crippen LogP contribution in [0.4, 0.5) is 0 Å². The van der Waals surface area contributed by atoms with Crippen LogP contribution in [0.25, 0.3) is 0 Å². The van der Waals surface area contributed by atoms with Gasteiger partial charge in [0.25, 0.3) is 0 Å². The van der Waals surface area contributed by atoms with E-state index in [-0.39, 0.29) is 0 Å². The molecular formula is C11H14BrNS. The molecule has 1 aromatic carbocycles. The van der Waals surface area contributed by atoms with Crippen LogP contribution in [0.5, 0.6) is 0 Å². The van der Waals surface area contributed by atoms with Crippen molar-refractivity contribution in [1.29, 1.82) is 0 Å². The molecule has 2 atom stereocenters. The fraction of sp³-hybridized carbons (Fsp3) is 0.455. The zero-order valence-electron chi connectivity index (χ0n) is 8.16. The Balaban J connectivity index is 2.06. The van der Waals surface area contributed by atoms with Gasteiger partial charge in [-0.05, 0) is 24.1 Å². The van der Waals surface area contributed by atoms with Gasteiger partial charge in [-0.25, -0.2) is 0 Å². The Morgan fingerprint density at radius 3 is 2.71 bits per heavy atom. The van der Waals surface area contributed by atoms with Crippen molar-refractivity contribution in [3.05, 3.63) is 34.3 Å². The largest absolute Gasteiger partial charge is 0.298 e. The van der Waals surface area contributed by atoms with Crippen molar-refractivity contribution in [3.8, 4) is 0 Å². The first-order chi connectivity index (χ1) is 6.79. The van der Waals surface area contributed by atoms with Gasteiger partial charge in [-0.1, -0.05) is 35.0 Å². The molecule has 3 heteroatoms. The van der Waals surface area contributed by atoms with Crippen molar-refractivity contribution in [1.82, 2.24) is 5.32 Å². The predicted octanol–water partition coefficient (Wildman–Crippen LogP) is 3.56. The Labute approximate surface area is 97.8 Å². The first-order valence-electron chi connectivity index (χ1n) is 4.92. The molecule has 76 valence electrons. The van der Waals surface area contributed by atoms with E-state index in [0.717, 1.165) is 4.47 Å². The van der Waals surface area contributed by atoms with Crippen LogP contribution in [0.1, 0.15) is 24.3 Å². The lowest BCUT2D eigenvalue weighted by molar-refractivity contribution is 0.561. The fourth-order valence-electron chi connectivity index (χ4n) is 1.59. The average Bonchev–Trinajstić information content (AvgIpc) is 2.67. The highest BCUT2D eigenvalue weighted by Gasteiger charge is 2.23. The molecule has 1 aliphatic rings. The fourth-order valence-corrected chi connectivity index (χ4v) is 3.25. The van der Waals surface area contributed by atoms with Crippen LogP contribution < -0.4 is 5.32 Å². The number of benzene rings is 1. The van der Waals surface area contributed by atoms with Gasteiger partial charge in [-0.3, -0.25) is 5.32 Å². The number of halogens is 1. The summed E-state index contributed by atoms with van der Waals surface area (Å²) < 4.78 is 1.15. The van der Waals surface area contributed by atoms with E-state index < -0.39 is 0 Å². The lowest BCUT2D eigenvalue weighted by Crippen LogP contribution is -2.24. The van der Waals surface area contributed by atoms with Crippen LogP contribution in [0.3, 0.4) is 0 Å². The third-order valence-corrected chi connectivity index (χ3v) is 4.38. The maximum atomic E-state index is 3.62. The minimum atomic E-state index is 0.494. The summed E-state index contributed by atoms with van der Waals surface area (Å²) in [7, 11) is 0. The maximum Gasteiger partial charge on any atom is 0.0792 e. The van der Waals surface area contributed by atoms with Gasteiger partial charge in [0.05, 0.1) is 5.37 Å². The SMILES string of the molecule is CCC1CSC(c2ccc(Br)cc2)N1. The van der Waals surface area contributed by atoms with Crippen molar-refractivity contribution >= 4 is 27.7 Å². The molecule has 0 aromatic heterocycles. The summed E-state index contributed by atoms with van der Waals surface area (Å²) in [5, 5.41) is 4.12. The van der Waals surface area contributed by atoms with E-state index in [2.05, 4.69) is 52.4 Å². The molecule has 1 nitrogen and oxygen atoms in total. The monoisotopic (exact) mass is 271 g/mol.